The lowest BCUT2D eigenvalue weighted by Crippen LogP contribution is -2.28. The Morgan fingerprint density at radius 3 is 2.85 bits per heavy atom. The summed E-state index contributed by atoms with van der Waals surface area (Å²) in [5.74, 6) is 0.977. The van der Waals surface area contributed by atoms with Gasteiger partial charge in [-0.05, 0) is 42.7 Å². The first-order valence-electron chi connectivity index (χ1n) is 8.55. The average molecular weight is 389 g/mol. The van der Waals surface area contributed by atoms with Crippen molar-refractivity contribution >= 4 is 46.6 Å². The number of aryl methyl sites for hydroxylation is 1. The van der Waals surface area contributed by atoms with E-state index in [2.05, 4.69) is 5.32 Å². The fraction of sp³-hybridized carbons (Fsp3) is 0.300. The van der Waals surface area contributed by atoms with Crippen LogP contribution >= 0.6 is 23.4 Å². The second-order valence-corrected chi connectivity index (χ2v) is 7.63. The number of hydrogen-bond donors (Lipinski definition) is 1. The topological polar surface area (TPSA) is 49.4 Å². The van der Waals surface area contributed by atoms with Crippen LogP contribution in [-0.4, -0.2) is 23.4 Å². The molecule has 0 spiro atoms. The number of benzene rings is 2. The summed E-state index contributed by atoms with van der Waals surface area (Å²) in [4.78, 5) is 26.3. The van der Waals surface area contributed by atoms with Crippen molar-refractivity contribution < 1.29 is 9.59 Å². The molecule has 1 heterocycles. The zero-order chi connectivity index (χ0) is 18.5. The number of alkyl halides is 1. The van der Waals surface area contributed by atoms with E-state index >= 15 is 0 Å². The molecule has 2 aromatic rings. The Labute approximate surface area is 162 Å². The van der Waals surface area contributed by atoms with Crippen molar-refractivity contribution in [3.05, 3.63) is 59.7 Å². The largest absolute Gasteiger partial charge is 0.326 e. The number of nitrogens with one attached hydrogen (secondary N) is 1. The number of amides is 2. The van der Waals surface area contributed by atoms with Gasteiger partial charge in [-0.15, -0.1) is 23.4 Å². The van der Waals surface area contributed by atoms with Gasteiger partial charge < -0.3 is 5.32 Å². The molecule has 26 heavy (non-hydrogen) atoms. The van der Waals surface area contributed by atoms with Gasteiger partial charge in [-0.3, -0.25) is 14.5 Å². The first-order valence-corrected chi connectivity index (χ1v) is 10.1. The Kier molecular flexibility index (Phi) is 6.22. The summed E-state index contributed by atoms with van der Waals surface area (Å²) < 4.78 is 0. The van der Waals surface area contributed by atoms with Gasteiger partial charge in [0.05, 0.1) is 5.75 Å². The lowest BCUT2D eigenvalue weighted by atomic mass is 10.1. The zero-order valence-corrected chi connectivity index (χ0v) is 16.1. The molecule has 1 aliphatic rings. The Balaban J connectivity index is 1.84. The Bertz CT molecular complexity index is 812. The molecule has 1 fully saturated rings. The van der Waals surface area contributed by atoms with E-state index in [1.165, 1.54) is 0 Å². The van der Waals surface area contributed by atoms with Crippen molar-refractivity contribution in [3.8, 4) is 0 Å². The van der Waals surface area contributed by atoms with Crippen LogP contribution in [0.4, 0.5) is 11.4 Å². The van der Waals surface area contributed by atoms with Crippen LogP contribution in [0, 0.1) is 6.92 Å². The number of carbonyl (C=O) groups is 2. The summed E-state index contributed by atoms with van der Waals surface area (Å²) in [6.07, 6.45) is 1.06. The van der Waals surface area contributed by atoms with Gasteiger partial charge in [0.15, 0.2) is 0 Å². The van der Waals surface area contributed by atoms with Gasteiger partial charge >= 0.3 is 0 Å². The van der Waals surface area contributed by atoms with Crippen molar-refractivity contribution in [1.82, 2.24) is 0 Å². The lowest BCUT2D eigenvalue weighted by molar-refractivity contribution is -0.116. The molecular weight excluding hydrogens is 368 g/mol. The molecule has 0 radical (unpaired) electrons. The van der Waals surface area contributed by atoms with Crippen LogP contribution in [0.3, 0.4) is 0 Å². The summed E-state index contributed by atoms with van der Waals surface area (Å²) in [6, 6.07) is 15.6. The van der Waals surface area contributed by atoms with Gasteiger partial charge in [0.2, 0.25) is 11.8 Å². The van der Waals surface area contributed by atoms with Crippen molar-refractivity contribution in [1.29, 1.82) is 0 Å². The molecule has 136 valence electrons. The number of thioether (sulfide) groups is 1. The second-order valence-electron chi connectivity index (χ2n) is 6.18. The third-order valence-corrected chi connectivity index (χ3v) is 5.72. The summed E-state index contributed by atoms with van der Waals surface area (Å²) in [5, 5.41) is 2.81. The van der Waals surface area contributed by atoms with Gasteiger partial charge in [0, 0.05) is 23.7 Å². The zero-order valence-electron chi connectivity index (χ0n) is 14.6. The Morgan fingerprint density at radius 1 is 1.27 bits per heavy atom. The highest BCUT2D eigenvalue weighted by molar-refractivity contribution is 8.00. The average Bonchev–Trinajstić information content (AvgIpc) is 3.02. The van der Waals surface area contributed by atoms with E-state index < -0.39 is 0 Å². The van der Waals surface area contributed by atoms with Crippen molar-refractivity contribution in [3.63, 3.8) is 0 Å². The predicted octanol–water partition coefficient (Wildman–Crippen LogP) is 4.73. The molecule has 2 amide bonds. The summed E-state index contributed by atoms with van der Waals surface area (Å²) in [6.45, 7) is 2.01. The van der Waals surface area contributed by atoms with Crippen molar-refractivity contribution in [2.24, 2.45) is 0 Å². The number of hydrogen-bond acceptors (Lipinski definition) is 3. The number of nitrogens with zero attached hydrogens (tertiary/aromatic N) is 1. The second kappa shape index (κ2) is 8.60. The third kappa shape index (κ3) is 4.22. The summed E-state index contributed by atoms with van der Waals surface area (Å²) >= 11 is 7.24. The molecule has 1 atom stereocenters. The van der Waals surface area contributed by atoms with E-state index in [1.54, 1.807) is 11.8 Å². The third-order valence-electron chi connectivity index (χ3n) is 4.24. The lowest BCUT2D eigenvalue weighted by Gasteiger charge is -2.26. The molecule has 0 aliphatic carbocycles. The van der Waals surface area contributed by atoms with Gasteiger partial charge in [0.1, 0.15) is 5.37 Å². The van der Waals surface area contributed by atoms with Gasteiger partial charge in [-0.2, -0.15) is 0 Å². The fourth-order valence-corrected chi connectivity index (χ4v) is 4.28. The van der Waals surface area contributed by atoms with Crippen molar-refractivity contribution in [2.75, 3.05) is 21.8 Å². The number of carbonyl (C=O) groups excluding carboxylic acids is 2. The Morgan fingerprint density at radius 2 is 2.08 bits per heavy atom. The van der Waals surface area contributed by atoms with Crippen molar-refractivity contribution in [2.45, 2.75) is 25.1 Å². The summed E-state index contributed by atoms with van der Waals surface area (Å²) in [7, 11) is 0. The molecule has 1 N–H and O–H groups in total. The maximum Gasteiger partial charge on any atom is 0.238 e. The quantitative estimate of drug-likeness (QED) is 0.727. The highest BCUT2D eigenvalue weighted by Crippen LogP contribution is 2.43. The minimum absolute atomic E-state index is 0.0475. The smallest absolute Gasteiger partial charge is 0.238 e. The summed E-state index contributed by atoms with van der Waals surface area (Å²) in [5.41, 5.74) is 3.74. The number of para-hydroxylation sites is 1. The van der Waals surface area contributed by atoms with E-state index in [0.717, 1.165) is 22.5 Å². The van der Waals surface area contributed by atoms with Crippen LogP contribution in [0.2, 0.25) is 0 Å². The molecule has 4 nitrogen and oxygen atoms in total. The van der Waals surface area contributed by atoms with Crippen LogP contribution in [0.25, 0.3) is 0 Å². The van der Waals surface area contributed by atoms with Crippen LogP contribution in [0.15, 0.2) is 48.5 Å². The highest BCUT2D eigenvalue weighted by Gasteiger charge is 2.34. The fourth-order valence-electron chi connectivity index (χ4n) is 2.99. The molecule has 3 rings (SSSR count). The molecule has 2 aromatic carbocycles. The maximum absolute atomic E-state index is 12.5. The normalized spacial score (nSPS) is 16.8. The molecule has 0 saturated carbocycles. The van der Waals surface area contributed by atoms with E-state index in [0.29, 0.717) is 24.5 Å². The SMILES string of the molecule is Cc1ccccc1N1C(=O)CS[C@@H]1c1cccc(NC(=O)CCCCl)c1. The maximum atomic E-state index is 12.5. The van der Waals surface area contributed by atoms with Gasteiger partial charge in [-0.25, -0.2) is 0 Å². The van der Waals surface area contributed by atoms with Crippen LogP contribution in [0.5, 0.6) is 0 Å². The number of anilines is 2. The van der Waals surface area contributed by atoms with Crippen LogP contribution in [0.1, 0.15) is 29.3 Å². The molecule has 1 saturated heterocycles. The highest BCUT2D eigenvalue weighted by atomic mass is 35.5. The number of halogens is 1. The van der Waals surface area contributed by atoms with E-state index in [1.807, 2.05) is 60.4 Å². The van der Waals surface area contributed by atoms with Crippen LogP contribution < -0.4 is 10.2 Å². The predicted molar refractivity (Wildman–Crippen MR) is 109 cm³/mol. The van der Waals surface area contributed by atoms with Gasteiger partial charge in [0.25, 0.3) is 0 Å². The Hall–Kier alpha value is -1.98. The first-order chi connectivity index (χ1) is 12.6. The van der Waals surface area contributed by atoms with Gasteiger partial charge in [-0.1, -0.05) is 30.3 Å². The minimum Gasteiger partial charge on any atom is -0.326 e. The molecule has 1 aliphatic heterocycles. The molecule has 0 aromatic heterocycles. The molecular formula is C20H21ClN2O2S. The molecule has 6 heteroatoms. The van der Waals surface area contributed by atoms with E-state index in [9.17, 15) is 9.59 Å². The molecule has 0 bridgehead atoms. The standard InChI is InChI=1S/C20H21ClN2O2S/c1-14-6-2-3-9-17(14)23-19(25)13-26-20(23)15-7-4-8-16(12-15)22-18(24)10-5-11-21/h2-4,6-9,12,20H,5,10-11,13H2,1H3,(H,22,24)/t20-/m1/s1. The minimum atomic E-state index is -0.0942. The number of rotatable bonds is 6. The van der Waals surface area contributed by atoms with Crippen LogP contribution in [-0.2, 0) is 9.59 Å². The van der Waals surface area contributed by atoms with E-state index in [4.69, 9.17) is 11.6 Å². The monoisotopic (exact) mass is 388 g/mol. The first kappa shape index (κ1) is 18.8. The van der Waals surface area contributed by atoms with E-state index in [-0.39, 0.29) is 17.2 Å². The molecule has 0 unspecified atom stereocenters.